The SMILES string of the molecule is CC(C)CCCCCC(CC(C)C)OC(=O)C1CC=CCC1C(=O)O. The van der Waals surface area contributed by atoms with Crippen LogP contribution in [0.4, 0.5) is 0 Å². The Bertz CT molecular complexity index is 439. The summed E-state index contributed by atoms with van der Waals surface area (Å²) in [6, 6.07) is 0. The molecule has 0 aliphatic heterocycles. The fraction of sp³-hybridized carbons (Fsp3) is 0.810. The number of carbonyl (C=O) groups is 2. The van der Waals surface area contributed by atoms with Gasteiger partial charge in [-0.1, -0.05) is 59.1 Å². The second kappa shape index (κ2) is 11.3. The zero-order valence-electron chi connectivity index (χ0n) is 16.4. The molecule has 3 atom stereocenters. The van der Waals surface area contributed by atoms with Gasteiger partial charge in [0, 0.05) is 0 Å². The molecule has 0 saturated carbocycles. The van der Waals surface area contributed by atoms with E-state index >= 15 is 0 Å². The van der Waals surface area contributed by atoms with Crippen molar-refractivity contribution in [3.63, 3.8) is 0 Å². The van der Waals surface area contributed by atoms with E-state index in [0.717, 1.165) is 31.6 Å². The first-order valence-corrected chi connectivity index (χ1v) is 9.89. The summed E-state index contributed by atoms with van der Waals surface area (Å²) in [4.78, 5) is 24.0. The Morgan fingerprint density at radius 2 is 1.56 bits per heavy atom. The normalized spacial score (nSPS) is 21.5. The number of unbranched alkanes of at least 4 members (excludes halogenated alkanes) is 2. The summed E-state index contributed by atoms with van der Waals surface area (Å²) in [5, 5.41) is 9.34. The van der Waals surface area contributed by atoms with Crippen molar-refractivity contribution in [2.75, 3.05) is 0 Å². The lowest BCUT2D eigenvalue weighted by Gasteiger charge is -2.27. The number of rotatable bonds is 11. The van der Waals surface area contributed by atoms with Crippen LogP contribution in [0.5, 0.6) is 0 Å². The Labute approximate surface area is 153 Å². The number of hydrogen-bond donors (Lipinski definition) is 1. The molecule has 25 heavy (non-hydrogen) atoms. The zero-order chi connectivity index (χ0) is 18.8. The molecule has 0 spiro atoms. The minimum absolute atomic E-state index is 0.0908. The molecule has 1 aliphatic carbocycles. The number of carboxylic acids is 1. The molecule has 0 bridgehead atoms. The Balaban J connectivity index is 2.53. The van der Waals surface area contributed by atoms with Gasteiger partial charge in [-0.25, -0.2) is 0 Å². The van der Waals surface area contributed by atoms with Crippen molar-refractivity contribution < 1.29 is 19.4 Å². The average Bonchev–Trinajstić information content (AvgIpc) is 2.53. The molecule has 0 fully saturated rings. The highest BCUT2D eigenvalue weighted by Gasteiger charge is 2.36. The van der Waals surface area contributed by atoms with E-state index in [1.807, 2.05) is 12.2 Å². The number of hydrogen-bond acceptors (Lipinski definition) is 3. The third-order valence-corrected chi connectivity index (χ3v) is 4.88. The van der Waals surface area contributed by atoms with E-state index in [4.69, 9.17) is 4.74 Å². The molecule has 1 rings (SSSR count). The Morgan fingerprint density at radius 3 is 2.12 bits per heavy atom. The van der Waals surface area contributed by atoms with Crippen LogP contribution in [0.1, 0.15) is 79.1 Å². The van der Waals surface area contributed by atoms with Crippen molar-refractivity contribution in [1.82, 2.24) is 0 Å². The van der Waals surface area contributed by atoms with Crippen LogP contribution in [0.2, 0.25) is 0 Å². The van der Waals surface area contributed by atoms with Crippen molar-refractivity contribution in [2.45, 2.75) is 85.2 Å². The number of esters is 1. The molecule has 1 N–H and O–H groups in total. The summed E-state index contributed by atoms with van der Waals surface area (Å²) in [5.74, 6) is -1.24. The first-order chi connectivity index (χ1) is 11.8. The topological polar surface area (TPSA) is 63.6 Å². The van der Waals surface area contributed by atoms with Gasteiger partial charge < -0.3 is 9.84 Å². The molecule has 0 amide bonds. The highest BCUT2D eigenvalue weighted by Crippen LogP contribution is 2.28. The van der Waals surface area contributed by atoms with Crippen molar-refractivity contribution in [2.24, 2.45) is 23.7 Å². The minimum Gasteiger partial charge on any atom is -0.481 e. The van der Waals surface area contributed by atoms with Crippen LogP contribution in [-0.4, -0.2) is 23.1 Å². The van der Waals surface area contributed by atoms with Gasteiger partial charge in [0.25, 0.3) is 0 Å². The van der Waals surface area contributed by atoms with Crippen LogP contribution in [0.15, 0.2) is 12.2 Å². The van der Waals surface area contributed by atoms with Crippen molar-refractivity contribution in [1.29, 1.82) is 0 Å². The lowest BCUT2D eigenvalue weighted by Crippen LogP contribution is -2.34. The van der Waals surface area contributed by atoms with E-state index in [2.05, 4.69) is 27.7 Å². The highest BCUT2D eigenvalue weighted by molar-refractivity contribution is 5.81. The molecule has 3 unspecified atom stereocenters. The van der Waals surface area contributed by atoms with Crippen LogP contribution in [-0.2, 0) is 14.3 Å². The number of aliphatic carboxylic acids is 1. The van der Waals surface area contributed by atoms with Gasteiger partial charge >= 0.3 is 11.9 Å². The van der Waals surface area contributed by atoms with Gasteiger partial charge in [0.2, 0.25) is 0 Å². The van der Waals surface area contributed by atoms with Gasteiger partial charge in [-0.05, 0) is 43.9 Å². The number of allylic oxidation sites excluding steroid dienone is 2. The van der Waals surface area contributed by atoms with Gasteiger partial charge in [-0.2, -0.15) is 0 Å². The molecule has 0 aromatic carbocycles. The molecular formula is C21H36O4. The maximum absolute atomic E-state index is 12.6. The predicted molar refractivity (Wildman–Crippen MR) is 100 cm³/mol. The molecule has 0 aromatic heterocycles. The van der Waals surface area contributed by atoms with Gasteiger partial charge in [0.05, 0.1) is 11.8 Å². The first kappa shape index (κ1) is 21.7. The lowest BCUT2D eigenvalue weighted by molar-refractivity contribution is -0.162. The Hall–Kier alpha value is -1.32. The van der Waals surface area contributed by atoms with Crippen molar-refractivity contribution >= 4 is 11.9 Å². The third-order valence-electron chi connectivity index (χ3n) is 4.88. The summed E-state index contributed by atoms with van der Waals surface area (Å²) in [6.07, 6.45) is 10.9. The summed E-state index contributed by atoms with van der Waals surface area (Å²) in [6.45, 7) is 8.73. The molecule has 0 radical (unpaired) electrons. The molecule has 0 saturated heterocycles. The van der Waals surface area contributed by atoms with Crippen molar-refractivity contribution in [3.8, 4) is 0 Å². The number of ether oxygens (including phenoxy) is 1. The van der Waals surface area contributed by atoms with Crippen LogP contribution in [0.25, 0.3) is 0 Å². The van der Waals surface area contributed by atoms with E-state index in [-0.39, 0.29) is 12.1 Å². The molecule has 0 heterocycles. The molecule has 1 aliphatic rings. The first-order valence-electron chi connectivity index (χ1n) is 9.89. The lowest BCUT2D eigenvalue weighted by atomic mass is 9.83. The second-order valence-electron chi connectivity index (χ2n) is 8.21. The zero-order valence-corrected chi connectivity index (χ0v) is 16.4. The maximum Gasteiger partial charge on any atom is 0.310 e. The quantitative estimate of drug-likeness (QED) is 0.315. The molecule has 4 heteroatoms. The maximum atomic E-state index is 12.6. The summed E-state index contributed by atoms with van der Waals surface area (Å²) in [5.41, 5.74) is 0. The molecular weight excluding hydrogens is 316 g/mol. The monoisotopic (exact) mass is 352 g/mol. The smallest absolute Gasteiger partial charge is 0.310 e. The van der Waals surface area contributed by atoms with E-state index in [0.29, 0.717) is 18.8 Å². The van der Waals surface area contributed by atoms with Crippen LogP contribution < -0.4 is 0 Å². The second-order valence-corrected chi connectivity index (χ2v) is 8.21. The van der Waals surface area contributed by atoms with E-state index in [1.54, 1.807) is 0 Å². The van der Waals surface area contributed by atoms with Crippen LogP contribution in [0.3, 0.4) is 0 Å². The fourth-order valence-corrected chi connectivity index (χ4v) is 3.45. The van der Waals surface area contributed by atoms with E-state index in [1.165, 1.54) is 12.8 Å². The van der Waals surface area contributed by atoms with Crippen LogP contribution >= 0.6 is 0 Å². The standard InChI is InChI=1S/C21H36O4/c1-15(2)10-6-5-7-11-17(14-16(3)4)25-21(24)19-13-9-8-12-18(19)20(22)23/h8-9,15-19H,5-7,10-14H2,1-4H3,(H,22,23). The fourth-order valence-electron chi connectivity index (χ4n) is 3.45. The van der Waals surface area contributed by atoms with E-state index < -0.39 is 17.8 Å². The van der Waals surface area contributed by atoms with Gasteiger partial charge in [0.1, 0.15) is 6.10 Å². The highest BCUT2D eigenvalue weighted by atomic mass is 16.5. The molecule has 4 nitrogen and oxygen atoms in total. The Kier molecular flexibility index (Phi) is 9.84. The number of carboxylic acid groups (broad SMARTS) is 1. The Morgan fingerprint density at radius 1 is 0.960 bits per heavy atom. The van der Waals surface area contributed by atoms with Gasteiger partial charge in [-0.15, -0.1) is 0 Å². The number of carbonyl (C=O) groups excluding carboxylic acids is 1. The largest absolute Gasteiger partial charge is 0.481 e. The summed E-state index contributed by atoms with van der Waals surface area (Å²) < 4.78 is 5.77. The third kappa shape index (κ3) is 8.55. The molecule has 0 aromatic rings. The van der Waals surface area contributed by atoms with Gasteiger partial charge in [0.15, 0.2) is 0 Å². The molecule has 144 valence electrons. The van der Waals surface area contributed by atoms with E-state index in [9.17, 15) is 14.7 Å². The summed E-state index contributed by atoms with van der Waals surface area (Å²) in [7, 11) is 0. The summed E-state index contributed by atoms with van der Waals surface area (Å²) >= 11 is 0. The van der Waals surface area contributed by atoms with Crippen LogP contribution in [0, 0.1) is 23.7 Å². The average molecular weight is 353 g/mol. The van der Waals surface area contributed by atoms with Crippen molar-refractivity contribution in [3.05, 3.63) is 12.2 Å². The predicted octanol–water partition coefficient (Wildman–Crippen LogP) is 5.22. The van der Waals surface area contributed by atoms with Gasteiger partial charge in [-0.3, -0.25) is 9.59 Å². The minimum atomic E-state index is -0.902.